The second kappa shape index (κ2) is 8.84. The maximum absolute atomic E-state index is 6.35. The first kappa shape index (κ1) is 16.9. The van der Waals surface area contributed by atoms with E-state index in [9.17, 15) is 0 Å². The Balaban J connectivity index is 2.10. The van der Waals surface area contributed by atoms with Crippen LogP contribution in [0.4, 0.5) is 0 Å². The van der Waals surface area contributed by atoms with E-state index < -0.39 is 0 Å². The molecule has 1 unspecified atom stereocenters. The first-order valence-electron chi connectivity index (χ1n) is 7.07. The minimum Gasteiger partial charge on any atom is -0.309 e. The zero-order valence-electron chi connectivity index (χ0n) is 12.0. The van der Waals surface area contributed by atoms with E-state index in [0.29, 0.717) is 0 Å². The van der Waals surface area contributed by atoms with Crippen LogP contribution in [-0.4, -0.2) is 12.3 Å². The molecule has 2 aromatic rings. The van der Waals surface area contributed by atoms with Gasteiger partial charge in [-0.1, -0.05) is 48.9 Å². The van der Waals surface area contributed by atoms with Gasteiger partial charge in [-0.15, -0.1) is 11.8 Å². The maximum Gasteiger partial charge on any atom is 0.0454 e. The molecule has 0 fully saturated rings. The van der Waals surface area contributed by atoms with Crippen molar-refractivity contribution in [3.63, 3.8) is 0 Å². The van der Waals surface area contributed by atoms with Gasteiger partial charge in [0, 0.05) is 26.2 Å². The van der Waals surface area contributed by atoms with Crippen molar-refractivity contribution in [1.29, 1.82) is 0 Å². The molecule has 0 saturated heterocycles. The van der Waals surface area contributed by atoms with Gasteiger partial charge in [0.2, 0.25) is 0 Å². The smallest absolute Gasteiger partial charge is 0.0454 e. The van der Waals surface area contributed by atoms with Gasteiger partial charge in [-0.05, 0) is 52.7 Å². The van der Waals surface area contributed by atoms with Crippen LogP contribution in [0.5, 0.6) is 0 Å². The average Bonchev–Trinajstić information content (AvgIpc) is 2.50. The van der Waals surface area contributed by atoms with Crippen molar-refractivity contribution in [2.75, 3.05) is 12.3 Å². The van der Waals surface area contributed by atoms with E-state index >= 15 is 0 Å². The minimum absolute atomic E-state index is 0.260. The number of thioether (sulfide) groups is 1. The number of nitrogens with one attached hydrogen (secondary N) is 1. The fourth-order valence-electron chi connectivity index (χ4n) is 2.07. The minimum atomic E-state index is 0.260. The van der Waals surface area contributed by atoms with E-state index in [1.54, 1.807) is 0 Å². The van der Waals surface area contributed by atoms with Crippen molar-refractivity contribution < 1.29 is 0 Å². The normalized spacial score (nSPS) is 12.3. The van der Waals surface area contributed by atoms with Crippen molar-refractivity contribution >= 4 is 39.3 Å². The second-order valence-electron chi connectivity index (χ2n) is 4.77. The molecule has 0 aliphatic rings. The van der Waals surface area contributed by atoms with E-state index in [1.165, 1.54) is 10.5 Å². The molecule has 0 saturated carbocycles. The van der Waals surface area contributed by atoms with Crippen LogP contribution >= 0.6 is 39.3 Å². The number of benzene rings is 2. The van der Waals surface area contributed by atoms with Crippen LogP contribution in [-0.2, 0) is 0 Å². The fourth-order valence-corrected chi connectivity index (χ4v) is 3.99. The van der Waals surface area contributed by atoms with Crippen molar-refractivity contribution in [3.8, 4) is 0 Å². The molecule has 0 aliphatic heterocycles. The Labute approximate surface area is 144 Å². The summed E-state index contributed by atoms with van der Waals surface area (Å²) in [5, 5.41) is 4.43. The molecular formula is C17H19BrClNS. The summed E-state index contributed by atoms with van der Waals surface area (Å²) in [4.78, 5) is 1.26. The Morgan fingerprint density at radius 1 is 1.14 bits per heavy atom. The van der Waals surface area contributed by atoms with Crippen molar-refractivity contribution in [1.82, 2.24) is 5.32 Å². The third-order valence-corrected chi connectivity index (χ3v) is 5.63. The summed E-state index contributed by atoms with van der Waals surface area (Å²) in [7, 11) is 0. The summed E-state index contributed by atoms with van der Waals surface area (Å²) in [5.41, 5.74) is 1.17. The summed E-state index contributed by atoms with van der Waals surface area (Å²) < 4.78 is 1.14. The predicted octanol–water partition coefficient (Wildman–Crippen LogP) is 5.94. The molecule has 0 spiro atoms. The van der Waals surface area contributed by atoms with Gasteiger partial charge in [-0.3, -0.25) is 0 Å². The van der Waals surface area contributed by atoms with Gasteiger partial charge in [0.25, 0.3) is 0 Å². The van der Waals surface area contributed by atoms with E-state index in [0.717, 1.165) is 28.2 Å². The lowest BCUT2D eigenvalue weighted by molar-refractivity contribution is 0.577. The molecule has 0 aromatic heterocycles. The molecule has 0 heterocycles. The first-order chi connectivity index (χ1) is 10.2. The summed E-state index contributed by atoms with van der Waals surface area (Å²) in [6.07, 6.45) is 1.11. The van der Waals surface area contributed by atoms with Crippen LogP contribution in [0.15, 0.2) is 57.9 Å². The molecule has 112 valence electrons. The largest absolute Gasteiger partial charge is 0.309 e. The highest BCUT2D eigenvalue weighted by Crippen LogP contribution is 2.32. The molecule has 21 heavy (non-hydrogen) atoms. The van der Waals surface area contributed by atoms with Gasteiger partial charge in [0.15, 0.2) is 0 Å². The highest BCUT2D eigenvalue weighted by Gasteiger charge is 2.14. The number of hydrogen-bond acceptors (Lipinski definition) is 2. The molecule has 2 aromatic carbocycles. The van der Waals surface area contributed by atoms with E-state index in [2.05, 4.69) is 52.4 Å². The second-order valence-corrected chi connectivity index (χ2v) is 7.09. The van der Waals surface area contributed by atoms with Crippen molar-refractivity contribution in [2.45, 2.75) is 24.3 Å². The molecule has 0 radical (unpaired) electrons. The quantitative estimate of drug-likeness (QED) is 0.593. The summed E-state index contributed by atoms with van der Waals surface area (Å²) >= 11 is 11.8. The Bertz CT molecular complexity index is 576. The lowest BCUT2D eigenvalue weighted by Gasteiger charge is -2.20. The van der Waals surface area contributed by atoms with Gasteiger partial charge in [0.05, 0.1) is 0 Å². The molecule has 1 nitrogen and oxygen atoms in total. The molecule has 4 heteroatoms. The average molecular weight is 385 g/mol. The third-order valence-electron chi connectivity index (χ3n) is 3.16. The van der Waals surface area contributed by atoms with Crippen LogP contribution in [0.3, 0.4) is 0 Å². The van der Waals surface area contributed by atoms with Gasteiger partial charge >= 0.3 is 0 Å². The van der Waals surface area contributed by atoms with Crippen LogP contribution in [0.25, 0.3) is 0 Å². The maximum atomic E-state index is 6.35. The van der Waals surface area contributed by atoms with Crippen LogP contribution in [0, 0.1) is 0 Å². The van der Waals surface area contributed by atoms with Gasteiger partial charge < -0.3 is 5.32 Å². The van der Waals surface area contributed by atoms with Crippen LogP contribution in [0.1, 0.15) is 24.9 Å². The fraction of sp³-hybridized carbons (Fsp3) is 0.294. The molecule has 1 N–H and O–H groups in total. The monoisotopic (exact) mass is 383 g/mol. The van der Waals surface area contributed by atoms with Gasteiger partial charge in [0.1, 0.15) is 0 Å². The van der Waals surface area contributed by atoms with E-state index in [1.807, 2.05) is 36.0 Å². The number of hydrogen-bond donors (Lipinski definition) is 1. The van der Waals surface area contributed by atoms with Crippen LogP contribution < -0.4 is 5.32 Å². The zero-order chi connectivity index (χ0) is 15.1. The lowest BCUT2D eigenvalue weighted by atomic mass is 10.1. The topological polar surface area (TPSA) is 12.0 Å². The summed E-state index contributed by atoms with van der Waals surface area (Å²) in [5.74, 6) is 0.951. The molecule has 1 atom stereocenters. The Morgan fingerprint density at radius 3 is 2.57 bits per heavy atom. The SMILES string of the molecule is CCCNC(CSc1ccccc1Br)c1ccccc1Cl. The van der Waals surface area contributed by atoms with Gasteiger partial charge in [-0.25, -0.2) is 0 Å². The molecule has 2 rings (SSSR count). The van der Waals surface area contributed by atoms with Crippen molar-refractivity contribution in [2.24, 2.45) is 0 Å². The number of halogens is 2. The molecule has 0 bridgehead atoms. The predicted molar refractivity (Wildman–Crippen MR) is 97.4 cm³/mol. The third kappa shape index (κ3) is 5.03. The summed E-state index contributed by atoms with van der Waals surface area (Å²) in [6, 6.07) is 16.7. The molecule has 0 amide bonds. The molecular weight excluding hydrogens is 366 g/mol. The highest BCUT2D eigenvalue weighted by atomic mass is 79.9. The zero-order valence-corrected chi connectivity index (χ0v) is 15.1. The first-order valence-corrected chi connectivity index (χ1v) is 9.23. The Kier molecular flexibility index (Phi) is 7.11. The Morgan fingerprint density at radius 2 is 1.86 bits per heavy atom. The molecule has 0 aliphatic carbocycles. The lowest BCUT2D eigenvalue weighted by Crippen LogP contribution is -2.24. The van der Waals surface area contributed by atoms with Gasteiger partial charge in [-0.2, -0.15) is 0 Å². The number of rotatable bonds is 7. The Hall–Kier alpha value is -0.480. The van der Waals surface area contributed by atoms with Crippen molar-refractivity contribution in [3.05, 3.63) is 63.6 Å². The standard InChI is InChI=1S/C17H19BrClNS/c1-2-11-20-16(13-7-3-5-9-15(13)19)12-21-17-10-6-4-8-14(17)18/h3-10,16,20H,2,11-12H2,1H3. The van der Waals surface area contributed by atoms with Crippen LogP contribution in [0.2, 0.25) is 5.02 Å². The van der Waals surface area contributed by atoms with E-state index in [-0.39, 0.29) is 6.04 Å². The van der Waals surface area contributed by atoms with E-state index in [4.69, 9.17) is 11.6 Å². The summed E-state index contributed by atoms with van der Waals surface area (Å²) in [6.45, 7) is 3.17. The highest BCUT2D eigenvalue weighted by molar-refractivity contribution is 9.10.